The average Bonchev–Trinajstić information content (AvgIpc) is 2.09. The monoisotopic (exact) mass is 183 g/mol. The molecule has 0 fully saturated rings. The maximum absolute atomic E-state index is 12.6. The van der Waals surface area contributed by atoms with Gasteiger partial charge in [-0.15, -0.1) is 0 Å². The predicted octanol–water partition coefficient (Wildman–Crippen LogP) is 1.13. The van der Waals surface area contributed by atoms with Gasteiger partial charge in [0.15, 0.2) is 0 Å². The molecule has 0 saturated carbocycles. The molecular formula is C8H10FN3O. The molecule has 5 heteroatoms. The van der Waals surface area contributed by atoms with Crippen LogP contribution in [0, 0.1) is 12.7 Å². The maximum Gasteiger partial charge on any atom is 0.333 e. The Morgan fingerprint density at radius 2 is 2.23 bits per heavy atom. The Bertz CT molecular complexity index is 327. The fourth-order valence-electron chi connectivity index (χ4n) is 0.926. The van der Waals surface area contributed by atoms with Crippen molar-refractivity contribution in [3.8, 4) is 0 Å². The number of hydrazine groups is 1. The first-order valence-electron chi connectivity index (χ1n) is 3.67. The van der Waals surface area contributed by atoms with E-state index in [9.17, 15) is 9.18 Å². The second kappa shape index (κ2) is 3.86. The molecule has 4 nitrogen and oxygen atoms in total. The number of carbonyl (C=O) groups is 1. The van der Waals surface area contributed by atoms with E-state index in [-0.39, 0.29) is 5.82 Å². The summed E-state index contributed by atoms with van der Waals surface area (Å²) in [5.41, 5.74) is 3.09. The van der Waals surface area contributed by atoms with Crippen LogP contribution in [0.4, 0.5) is 14.9 Å². The number of anilines is 1. The zero-order valence-electron chi connectivity index (χ0n) is 7.10. The van der Waals surface area contributed by atoms with Crippen molar-refractivity contribution in [1.82, 2.24) is 5.43 Å². The molecule has 0 aliphatic carbocycles. The maximum atomic E-state index is 12.6. The van der Waals surface area contributed by atoms with Crippen molar-refractivity contribution >= 4 is 11.7 Å². The summed E-state index contributed by atoms with van der Waals surface area (Å²) in [7, 11) is 0. The molecule has 0 atom stereocenters. The van der Waals surface area contributed by atoms with E-state index in [4.69, 9.17) is 5.84 Å². The summed E-state index contributed by atoms with van der Waals surface area (Å²) in [5.74, 6) is 4.53. The third-order valence-electron chi connectivity index (χ3n) is 1.57. The first-order chi connectivity index (χ1) is 6.13. The van der Waals surface area contributed by atoms with Crippen molar-refractivity contribution in [2.75, 3.05) is 5.32 Å². The molecule has 0 radical (unpaired) electrons. The van der Waals surface area contributed by atoms with Gasteiger partial charge < -0.3 is 5.32 Å². The van der Waals surface area contributed by atoms with Crippen LogP contribution in [0.1, 0.15) is 5.56 Å². The molecule has 1 rings (SSSR count). The van der Waals surface area contributed by atoms with E-state index in [1.165, 1.54) is 18.2 Å². The molecule has 0 unspecified atom stereocenters. The number of urea groups is 1. The largest absolute Gasteiger partial charge is 0.333 e. The normalized spacial score (nSPS) is 9.46. The average molecular weight is 183 g/mol. The van der Waals surface area contributed by atoms with E-state index in [0.717, 1.165) is 0 Å². The number of carbonyl (C=O) groups excluding carboxylic acids is 1. The summed E-state index contributed by atoms with van der Waals surface area (Å²) in [4.78, 5) is 10.8. The third kappa shape index (κ3) is 2.41. The Kier molecular flexibility index (Phi) is 2.81. The van der Waals surface area contributed by atoms with Crippen molar-refractivity contribution in [2.24, 2.45) is 5.84 Å². The van der Waals surface area contributed by atoms with Gasteiger partial charge in [0, 0.05) is 5.69 Å². The fourth-order valence-corrected chi connectivity index (χ4v) is 0.926. The van der Waals surface area contributed by atoms with E-state index in [2.05, 4.69) is 5.32 Å². The number of nitrogens with two attached hydrogens (primary N) is 1. The van der Waals surface area contributed by atoms with Gasteiger partial charge in [-0.05, 0) is 30.7 Å². The molecule has 0 aromatic heterocycles. The molecule has 0 saturated heterocycles. The van der Waals surface area contributed by atoms with Crippen LogP contribution in [0.3, 0.4) is 0 Å². The summed E-state index contributed by atoms with van der Waals surface area (Å²) in [6, 6.07) is 3.53. The molecule has 0 bridgehead atoms. The Hall–Kier alpha value is -1.62. The van der Waals surface area contributed by atoms with Gasteiger partial charge in [-0.3, -0.25) is 5.43 Å². The van der Waals surface area contributed by atoms with Crippen LogP contribution in [0.5, 0.6) is 0 Å². The highest BCUT2D eigenvalue weighted by atomic mass is 19.1. The Balaban J connectivity index is 2.83. The summed E-state index contributed by atoms with van der Waals surface area (Å²) in [6.07, 6.45) is 0. The molecule has 13 heavy (non-hydrogen) atoms. The van der Waals surface area contributed by atoms with Crippen LogP contribution in [0.25, 0.3) is 0 Å². The highest BCUT2D eigenvalue weighted by molar-refractivity contribution is 5.89. The van der Waals surface area contributed by atoms with Crippen molar-refractivity contribution in [1.29, 1.82) is 0 Å². The second-order valence-electron chi connectivity index (χ2n) is 2.56. The number of nitrogens with one attached hydrogen (secondary N) is 2. The number of hydrogen-bond acceptors (Lipinski definition) is 2. The van der Waals surface area contributed by atoms with Crippen LogP contribution in [0.15, 0.2) is 18.2 Å². The van der Waals surface area contributed by atoms with Crippen LogP contribution >= 0.6 is 0 Å². The van der Waals surface area contributed by atoms with Gasteiger partial charge in [0.05, 0.1) is 0 Å². The molecule has 1 aromatic carbocycles. The lowest BCUT2D eigenvalue weighted by Crippen LogP contribution is -2.34. The van der Waals surface area contributed by atoms with Crippen LogP contribution in [0.2, 0.25) is 0 Å². The zero-order chi connectivity index (χ0) is 9.84. The minimum atomic E-state index is -0.533. The van der Waals surface area contributed by atoms with Crippen LogP contribution in [-0.2, 0) is 0 Å². The third-order valence-corrected chi connectivity index (χ3v) is 1.57. The Morgan fingerprint density at radius 3 is 2.77 bits per heavy atom. The topological polar surface area (TPSA) is 67.2 Å². The van der Waals surface area contributed by atoms with Gasteiger partial charge in [0.25, 0.3) is 0 Å². The minimum Gasteiger partial charge on any atom is -0.307 e. The van der Waals surface area contributed by atoms with Gasteiger partial charge in [0.1, 0.15) is 5.82 Å². The standard InChI is InChI=1S/C8H10FN3O/c1-5-4-6(9)2-3-7(5)11-8(13)12-10/h2-4H,10H2,1H3,(H2,11,12,13). The minimum absolute atomic E-state index is 0.337. The first kappa shape index (κ1) is 9.47. The fraction of sp³-hybridized carbons (Fsp3) is 0.125. The van der Waals surface area contributed by atoms with E-state index >= 15 is 0 Å². The molecular weight excluding hydrogens is 173 g/mol. The van der Waals surface area contributed by atoms with Gasteiger partial charge in [-0.1, -0.05) is 0 Å². The molecule has 0 spiro atoms. The number of halogens is 1. The summed E-state index contributed by atoms with van der Waals surface area (Å²) < 4.78 is 12.6. The lowest BCUT2D eigenvalue weighted by molar-refractivity contribution is 0.252. The predicted molar refractivity (Wildman–Crippen MR) is 47.5 cm³/mol. The Morgan fingerprint density at radius 1 is 1.54 bits per heavy atom. The highest BCUT2D eigenvalue weighted by Crippen LogP contribution is 2.14. The van der Waals surface area contributed by atoms with E-state index < -0.39 is 6.03 Å². The summed E-state index contributed by atoms with van der Waals surface area (Å²) in [5, 5.41) is 2.45. The Labute approximate surface area is 74.9 Å². The lowest BCUT2D eigenvalue weighted by Gasteiger charge is -2.06. The SMILES string of the molecule is Cc1cc(F)ccc1NC(=O)NN. The zero-order valence-corrected chi connectivity index (χ0v) is 7.10. The number of aryl methyl sites for hydroxylation is 1. The van der Waals surface area contributed by atoms with Crippen molar-refractivity contribution in [3.63, 3.8) is 0 Å². The number of amides is 2. The van der Waals surface area contributed by atoms with Gasteiger partial charge >= 0.3 is 6.03 Å². The highest BCUT2D eigenvalue weighted by Gasteiger charge is 2.02. The van der Waals surface area contributed by atoms with E-state index in [1.54, 1.807) is 6.92 Å². The number of hydrogen-bond donors (Lipinski definition) is 3. The second-order valence-corrected chi connectivity index (χ2v) is 2.56. The van der Waals surface area contributed by atoms with Crippen LogP contribution in [-0.4, -0.2) is 6.03 Å². The van der Waals surface area contributed by atoms with Gasteiger partial charge in [0.2, 0.25) is 0 Å². The van der Waals surface area contributed by atoms with Crippen molar-refractivity contribution in [3.05, 3.63) is 29.6 Å². The number of benzene rings is 1. The number of rotatable bonds is 1. The molecule has 0 aliphatic heterocycles. The van der Waals surface area contributed by atoms with Gasteiger partial charge in [-0.2, -0.15) is 0 Å². The van der Waals surface area contributed by atoms with Gasteiger partial charge in [-0.25, -0.2) is 15.0 Å². The van der Waals surface area contributed by atoms with Crippen LogP contribution < -0.4 is 16.6 Å². The molecule has 70 valence electrons. The molecule has 0 aliphatic rings. The molecule has 4 N–H and O–H groups in total. The quantitative estimate of drug-likeness (QED) is 0.347. The lowest BCUT2D eigenvalue weighted by atomic mass is 10.2. The van der Waals surface area contributed by atoms with E-state index in [0.29, 0.717) is 11.3 Å². The van der Waals surface area contributed by atoms with Crippen molar-refractivity contribution in [2.45, 2.75) is 6.92 Å². The summed E-state index contributed by atoms with van der Waals surface area (Å²) >= 11 is 0. The molecule has 0 heterocycles. The molecule has 1 aromatic rings. The van der Waals surface area contributed by atoms with Crippen molar-refractivity contribution < 1.29 is 9.18 Å². The van der Waals surface area contributed by atoms with E-state index in [1.807, 2.05) is 5.43 Å². The molecule has 2 amide bonds. The first-order valence-corrected chi connectivity index (χ1v) is 3.67. The smallest absolute Gasteiger partial charge is 0.307 e. The summed E-state index contributed by atoms with van der Waals surface area (Å²) in [6.45, 7) is 1.69.